The molecule has 0 bridgehead atoms. The van der Waals surface area contributed by atoms with Gasteiger partial charge in [-0.2, -0.15) is 0 Å². The highest BCUT2D eigenvalue weighted by atomic mass is 16.2. The maximum Gasteiger partial charge on any atom is 0.286 e. The lowest BCUT2D eigenvalue weighted by atomic mass is 10.1. The van der Waals surface area contributed by atoms with Gasteiger partial charge >= 0.3 is 0 Å². The maximum absolute atomic E-state index is 12.0. The fourth-order valence-electron chi connectivity index (χ4n) is 2.22. The number of nitrogens with one attached hydrogen (secondary N) is 4. The number of H-pyrrole nitrogens is 2. The van der Waals surface area contributed by atoms with E-state index in [0.29, 0.717) is 22.5 Å². The lowest BCUT2D eigenvalue weighted by molar-refractivity contribution is 0.0841. The van der Waals surface area contributed by atoms with Crippen LogP contribution in [0.3, 0.4) is 0 Å². The van der Waals surface area contributed by atoms with Gasteiger partial charge in [-0.05, 0) is 38.5 Å². The summed E-state index contributed by atoms with van der Waals surface area (Å²) in [5, 5.41) is 0. The largest absolute Gasteiger partial charge is 0.357 e. The number of rotatable bonds is 3. The summed E-state index contributed by atoms with van der Waals surface area (Å²) < 4.78 is 0. The van der Waals surface area contributed by atoms with Crippen LogP contribution in [0.4, 0.5) is 0 Å². The summed E-state index contributed by atoms with van der Waals surface area (Å²) in [5.41, 5.74) is 6.87. The minimum atomic E-state index is -0.511. The predicted octanol–water partition coefficient (Wildman–Crippen LogP) is 1.24. The van der Waals surface area contributed by atoms with Crippen LogP contribution in [0.25, 0.3) is 0 Å². The molecule has 0 saturated carbocycles. The summed E-state index contributed by atoms with van der Waals surface area (Å²) in [6, 6.07) is 3.26. The van der Waals surface area contributed by atoms with Gasteiger partial charge in [-0.15, -0.1) is 0 Å². The van der Waals surface area contributed by atoms with Crippen molar-refractivity contribution in [1.29, 1.82) is 0 Å². The Morgan fingerprint density at radius 1 is 1.10 bits per heavy atom. The highest BCUT2D eigenvalue weighted by molar-refractivity contribution is 6.03. The van der Waals surface area contributed by atoms with Crippen molar-refractivity contribution in [2.45, 2.75) is 20.8 Å². The smallest absolute Gasteiger partial charge is 0.286 e. The Hall–Kier alpha value is -2.83. The lowest BCUT2D eigenvalue weighted by Crippen LogP contribution is -2.42. The fraction of sp³-hybridized carbons (Fsp3) is 0.214. The number of aromatic amines is 2. The third kappa shape index (κ3) is 2.86. The van der Waals surface area contributed by atoms with Crippen molar-refractivity contribution in [1.82, 2.24) is 20.8 Å². The van der Waals surface area contributed by atoms with Crippen molar-refractivity contribution in [3.05, 3.63) is 46.5 Å². The van der Waals surface area contributed by atoms with E-state index >= 15 is 0 Å². The summed E-state index contributed by atoms with van der Waals surface area (Å²) in [7, 11) is 0. The number of aryl methyl sites for hydroxylation is 1. The van der Waals surface area contributed by atoms with Crippen molar-refractivity contribution in [3.8, 4) is 0 Å². The second-order valence-electron chi connectivity index (χ2n) is 4.67. The molecule has 0 aliphatic carbocycles. The Bertz CT molecular complexity index is 698. The van der Waals surface area contributed by atoms with Gasteiger partial charge in [0.25, 0.3) is 11.8 Å². The molecule has 4 N–H and O–H groups in total. The Labute approximate surface area is 121 Å². The Morgan fingerprint density at radius 2 is 1.76 bits per heavy atom. The average Bonchev–Trinajstić information content (AvgIpc) is 3.03. The number of hydrogen-bond donors (Lipinski definition) is 4. The van der Waals surface area contributed by atoms with Crippen LogP contribution < -0.4 is 10.9 Å². The van der Waals surface area contributed by atoms with Crippen LogP contribution in [0.15, 0.2) is 18.3 Å². The number of carbonyl (C=O) groups excluding carboxylic acids is 3. The first-order valence-corrected chi connectivity index (χ1v) is 6.36. The molecule has 2 heterocycles. The van der Waals surface area contributed by atoms with Gasteiger partial charge in [0.05, 0.1) is 0 Å². The first kappa shape index (κ1) is 14.6. The molecule has 0 aliphatic heterocycles. The number of amides is 2. The summed E-state index contributed by atoms with van der Waals surface area (Å²) in [6.45, 7) is 4.85. The Morgan fingerprint density at radius 3 is 2.29 bits per heavy atom. The first-order valence-electron chi connectivity index (χ1n) is 6.36. The molecule has 0 saturated heterocycles. The second kappa shape index (κ2) is 5.66. The maximum atomic E-state index is 12.0. The zero-order chi connectivity index (χ0) is 15.6. The first-order chi connectivity index (χ1) is 9.91. The van der Waals surface area contributed by atoms with Crippen LogP contribution in [0, 0.1) is 13.8 Å². The van der Waals surface area contributed by atoms with Crippen LogP contribution in [0.5, 0.6) is 0 Å². The summed E-state index contributed by atoms with van der Waals surface area (Å²) in [6.07, 6.45) is 1.61. The van der Waals surface area contributed by atoms with Gasteiger partial charge in [0, 0.05) is 17.5 Å². The molecule has 0 unspecified atom stereocenters. The van der Waals surface area contributed by atoms with E-state index in [-0.39, 0.29) is 11.5 Å². The van der Waals surface area contributed by atoms with Gasteiger partial charge in [-0.3, -0.25) is 25.2 Å². The number of Topliss-reactive ketones (excluding diaryl/α,β-unsaturated/α-hetero) is 1. The van der Waals surface area contributed by atoms with Crippen molar-refractivity contribution in [2.24, 2.45) is 0 Å². The molecule has 2 aromatic rings. The zero-order valence-electron chi connectivity index (χ0n) is 12.0. The molecule has 0 fully saturated rings. The third-order valence-corrected chi connectivity index (χ3v) is 3.15. The van der Waals surface area contributed by atoms with E-state index in [4.69, 9.17) is 0 Å². The van der Waals surface area contributed by atoms with E-state index in [0.717, 1.165) is 0 Å². The van der Waals surface area contributed by atoms with Crippen molar-refractivity contribution < 1.29 is 14.4 Å². The monoisotopic (exact) mass is 288 g/mol. The highest BCUT2D eigenvalue weighted by Crippen LogP contribution is 2.18. The predicted molar refractivity (Wildman–Crippen MR) is 76.0 cm³/mol. The van der Waals surface area contributed by atoms with Gasteiger partial charge in [-0.1, -0.05) is 0 Å². The quantitative estimate of drug-likeness (QED) is 0.504. The molecule has 0 radical (unpaired) electrons. The van der Waals surface area contributed by atoms with Gasteiger partial charge in [0.2, 0.25) is 0 Å². The van der Waals surface area contributed by atoms with E-state index in [9.17, 15) is 14.4 Å². The second-order valence-corrected chi connectivity index (χ2v) is 4.67. The summed E-state index contributed by atoms with van der Waals surface area (Å²) in [4.78, 5) is 40.8. The molecule has 7 nitrogen and oxygen atoms in total. The standard InChI is InChI=1S/C14H16N4O3/c1-7-11(9(3)19)8(2)16-12(7)14(21)18-17-13(20)10-5-4-6-15-10/h4-6,15-16H,1-3H3,(H,17,20)(H,18,21). The SMILES string of the molecule is CC(=O)c1c(C)[nH]c(C(=O)NNC(=O)c2ccc[nH]2)c1C. The number of aromatic nitrogens is 2. The number of hydrogen-bond acceptors (Lipinski definition) is 3. The number of ketones is 1. The molecule has 2 rings (SSSR count). The molecular weight excluding hydrogens is 272 g/mol. The third-order valence-electron chi connectivity index (χ3n) is 3.15. The van der Waals surface area contributed by atoms with Crippen molar-refractivity contribution >= 4 is 17.6 Å². The molecule has 0 aromatic carbocycles. The van der Waals surface area contributed by atoms with E-state index in [1.807, 2.05) is 0 Å². The molecule has 2 aromatic heterocycles. The molecule has 0 atom stereocenters. The fourth-order valence-corrected chi connectivity index (χ4v) is 2.22. The van der Waals surface area contributed by atoms with Crippen LogP contribution in [-0.2, 0) is 0 Å². The van der Waals surface area contributed by atoms with Crippen molar-refractivity contribution in [3.63, 3.8) is 0 Å². The van der Waals surface area contributed by atoms with Gasteiger partial charge in [-0.25, -0.2) is 0 Å². The van der Waals surface area contributed by atoms with Gasteiger partial charge in [0.1, 0.15) is 11.4 Å². The van der Waals surface area contributed by atoms with Gasteiger partial charge in [0.15, 0.2) is 5.78 Å². The summed E-state index contributed by atoms with van der Waals surface area (Å²) in [5.74, 6) is -1.08. The summed E-state index contributed by atoms with van der Waals surface area (Å²) >= 11 is 0. The lowest BCUT2D eigenvalue weighted by Gasteiger charge is -2.06. The molecular formula is C14H16N4O3. The van der Waals surface area contributed by atoms with E-state index < -0.39 is 11.8 Å². The topological polar surface area (TPSA) is 107 Å². The van der Waals surface area contributed by atoms with E-state index in [2.05, 4.69) is 20.8 Å². The zero-order valence-corrected chi connectivity index (χ0v) is 12.0. The number of hydrazine groups is 1. The average molecular weight is 288 g/mol. The van der Waals surface area contributed by atoms with E-state index in [1.165, 1.54) is 6.92 Å². The van der Waals surface area contributed by atoms with Crippen LogP contribution >= 0.6 is 0 Å². The normalized spacial score (nSPS) is 10.2. The Kier molecular flexibility index (Phi) is 3.93. The minimum absolute atomic E-state index is 0.115. The van der Waals surface area contributed by atoms with Crippen molar-refractivity contribution in [2.75, 3.05) is 0 Å². The van der Waals surface area contributed by atoms with Crippen LogP contribution in [0.2, 0.25) is 0 Å². The Balaban J connectivity index is 2.09. The van der Waals surface area contributed by atoms with Crippen LogP contribution in [0.1, 0.15) is 49.5 Å². The molecule has 7 heteroatoms. The van der Waals surface area contributed by atoms with Gasteiger partial charge < -0.3 is 9.97 Å². The van der Waals surface area contributed by atoms with Crippen LogP contribution in [-0.4, -0.2) is 27.6 Å². The van der Waals surface area contributed by atoms with E-state index in [1.54, 1.807) is 32.2 Å². The molecule has 0 spiro atoms. The highest BCUT2D eigenvalue weighted by Gasteiger charge is 2.20. The molecule has 110 valence electrons. The molecule has 21 heavy (non-hydrogen) atoms. The number of carbonyl (C=O) groups is 3. The molecule has 0 aliphatic rings. The molecule has 2 amide bonds. The minimum Gasteiger partial charge on any atom is -0.357 e.